The summed E-state index contributed by atoms with van der Waals surface area (Å²) < 4.78 is 6.05. The maximum absolute atomic E-state index is 10.4. The maximum Gasteiger partial charge on any atom is 0.303 e. The molecule has 0 radical (unpaired) electrons. The van der Waals surface area contributed by atoms with E-state index in [4.69, 9.17) is 9.84 Å². The quantitative estimate of drug-likeness (QED) is 0.215. The fourth-order valence-electron chi connectivity index (χ4n) is 3.03. The van der Waals surface area contributed by atoms with Crippen LogP contribution in [-0.2, 0) is 9.53 Å². The largest absolute Gasteiger partial charge is 0.481 e. The first-order valence-corrected chi connectivity index (χ1v) is 10.6. The van der Waals surface area contributed by atoms with Gasteiger partial charge in [0.25, 0.3) is 0 Å². The van der Waals surface area contributed by atoms with Gasteiger partial charge in [-0.15, -0.1) is 0 Å². The molecule has 0 aromatic heterocycles. The molecule has 0 saturated heterocycles. The summed E-state index contributed by atoms with van der Waals surface area (Å²) in [7, 11) is 0. The molecule has 2 atom stereocenters. The third-order valence-electron chi connectivity index (χ3n) is 4.57. The Bertz CT molecular complexity index is 325. The van der Waals surface area contributed by atoms with Gasteiger partial charge in [0.1, 0.15) is 0 Å². The van der Waals surface area contributed by atoms with E-state index in [9.17, 15) is 4.79 Å². The van der Waals surface area contributed by atoms with Gasteiger partial charge in [-0.1, -0.05) is 70.4 Å². The molecule has 0 aliphatic heterocycles. The van der Waals surface area contributed by atoms with Gasteiger partial charge in [0, 0.05) is 6.42 Å². The summed E-state index contributed by atoms with van der Waals surface area (Å²) in [6, 6.07) is 0. The standard InChI is InChI=1S/C22H42O3/c1-4-5-6-7-11-14-17-20(2)25-21(3)18-15-12-9-8-10-13-16-19-22(23)24/h12,15,20-21H,4-11,13-14,16-19H2,1-3H3,(H,23,24)/b15-12-. The lowest BCUT2D eigenvalue weighted by atomic mass is 10.1. The summed E-state index contributed by atoms with van der Waals surface area (Å²) >= 11 is 0. The number of hydrogen-bond acceptors (Lipinski definition) is 2. The highest BCUT2D eigenvalue weighted by Crippen LogP contribution is 2.13. The molecule has 0 rings (SSSR count). The van der Waals surface area contributed by atoms with E-state index in [1.807, 2.05) is 0 Å². The minimum atomic E-state index is -0.681. The summed E-state index contributed by atoms with van der Waals surface area (Å²) in [6.45, 7) is 6.62. The second-order valence-electron chi connectivity index (χ2n) is 7.37. The fourth-order valence-corrected chi connectivity index (χ4v) is 3.03. The van der Waals surface area contributed by atoms with E-state index in [2.05, 4.69) is 32.9 Å². The van der Waals surface area contributed by atoms with Crippen molar-refractivity contribution in [3.8, 4) is 0 Å². The molecule has 0 amide bonds. The summed E-state index contributed by atoms with van der Waals surface area (Å²) in [5.74, 6) is -0.681. The highest BCUT2D eigenvalue weighted by molar-refractivity contribution is 5.66. The Morgan fingerprint density at radius 3 is 2.24 bits per heavy atom. The number of hydrogen-bond donors (Lipinski definition) is 1. The summed E-state index contributed by atoms with van der Waals surface area (Å²) in [4.78, 5) is 10.4. The number of allylic oxidation sites excluding steroid dienone is 1. The van der Waals surface area contributed by atoms with Gasteiger partial charge in [0.15, 0.2) is 0 Å². The van der Waals surface area contributed by atoms with Crippen molar-refractivity contribution in [1.82, 2.24) is 0 Å². The molecule has 0 aliphatic rings. The van der Waals surface area contributed by atoms with Crippen molar-refractivity contribution in [3.05, 3.63) is 12.2 Å². The monoisotopic (exact) mass is 354 g/mol. The number of rotatable bonds is 18. The SMILES string of the molecule is CCCCCCCCC(C)OC(C)C/C=C\CCCCCCC(=O)O. The molecular formula is C22H42O3. The second kappa shape index (κ2) is 18.0. The number of unbranched alkanes of at least 4 members (excludes halogenated alkanes) is 9. The van der Waals surface area contributed by atoms with Gasteiger partial charge in [0.05, 0.1) is 12.2 Å². The van der Waals surface area contributed by atoms with E-state index in [0.29, 0.717) is 18.6 Å². The first-order valence-electron chi connectivity index (χ1n) is 10.6. The van der Waals surface area contributed by atoms with Crippen LogP contribution in [0, 0.1) is 0 Å². The summed E-state index contributed by atoms with van der Waals surface area (Å²) in [5, 5.41) is 8.57. The van der Waals surface area contributed by atoms with Crippen LogP contribution in [0.4, 0.5) is 0 Å². The average Bonchev–Trinajstić information content (AvgIpc) is 2.56. The van der Waals surface area contributed by atoms with Gasteiger partial charge in [-0.05, 0) is 46.0 Å². The molecule has 0 bridgehead atoms. The molecule has 1 N–H and O–H groups in total. The third kappa shape index (κ3) is 19.3. The molecule has 25 heavy (non-hydrogen) atoms. The molecule has 0 fully saturated rings. The molecule has 3 nitrogen and oxygen atoms in total. The summed E-state index contributed by atoms with van der Waals surface area (Å²) in [5.41, 5.74) is 0. The zero-order valence-electron chi connectivity index (χ0n) is 17.0. The van der Waals surface area contributed by atoms with Crippen molar-refractivity contribution in [2.45, 2.75) is 123 Å². The molecule has 0 saturated carbocycles. The maximum atomic E-state index is 10.4. The van der Waals surface area contributed by atoms with Crippen LogP contribution in [0.2, 0.25) is 0 Å². The average molecular weight is 355 g/mol. The molecule has 0 heterocycles. The van der Waals surface area contributed by atoms with E-state index in [1.165, 1.54) is 44.9 Å². The van der Waals surface area contributed by atoms with Crippen molar-refractivity contribution in [2.24, 2.45) is 0 Å². The van der Waals surface area contributed by atoms with Crippen LogP contribution in [-0.4, -0.2) is 23.3 Å². The Labute approximate surface area is 156 Å². The van der Waals surface area contributed by atoms with Crippen LogP contribution in [0.5, 0.6) is 0 Å². The minimum Gasteiger partial charge on any atom is -0.481 e. The third-order valence-corrected chi connectivity index (χ3v) is 4.57. The van der Waals surface area contributed by atoms with Crippen molar-refractivity contribution >= 4 is 5.97 Å². The van der Waals surface area contributed by atoms with Gasteiger partial charge in [-0.25, -0.2) is 0 Å². The Morgan fingerprint density at radius 1 is 0.880 bits per heavy atom. The topological polar surface area (TPSA) is 46.5 Å². The first kappa shape index (κ1) is 24.2. The van der Waals surface area contributed by atoms with E-state index < -0.39 is 5.97 Å². The lowest BCUT2D eigenvalue weighted by molar-refractivity contribution is -0.137. The zero-order chi connectivity index (χ0) is 18.8. The smallest absolute Gasteiger partial charge is 0.303 e. The predicted octanol–water partition coefficient (Wildman–Crippen LogP) is 6.90. The van der Waals surface area contributed by atoms with Crippen LogP contribution in [0.1, 0.15) is 111 Å². The molecular weight excluding hydrogens is 312 g/mol. The van der Waals surface area contributed by atoms with E-state index in [1.54, 1.807) is 0 Å². The highest BCUT2D eigenvalue weighted by Gasteiger charge is 2.07. The number of aliphatic carboxylic acids is 1. The molecule has 0 aromatic carbocycles. The van der Waals surface area contributed by atoms with Gasteiger partial charge < -0.3 is 9.84 Å². The van der Waals surface area contributed by atoms with Gasteiger partial charge in [0.2, 0.25) is 0 Å². The highest BCUT2D eigenvalue weighted by atomic mass is 16.5. The molecule has 0 aromatic rings. The van der Waals surface area contributed by atoms with Crippen molar-refractivity contribution in [2.75, 3.05) is 0 Å². The van der Waals surface area contributed by atoms with Gasteiger partial charge in [-0.3, -0.25) is 4.79 Å². The number of ether oxygens (including phenoxy) is 1. The normalized spacial score (nSPS) is 14.0. The van der Waals surface area contributed by atoms with Crippen LogP contribution in [0.3, 0.4) is 0 Å². The Hall–Kier alpha value is -0.830. The lowest BCUT2D eigenvalue weighted by Crippen LogP contribution is -2.16. The van der Waals surface area contributed by atoms with Crippen molar-refractivity contribution in [3.63, 3.8) is 0 Å². The summed E-state index contributed by atoms with van der Waals surface area (Å²) in [6.07, 6.45) is 20.9. The first-order chi connectivity index (χ1) is 12.1. The Kier molecular flexibility index (Phi) is 17.4. The van der Waals surface area contributed by atoms with Crippen molar-refractivity contribution in [1.29, 1.82) is 0 Å². The Balaban J connectivity index is 3.45. The van der Waals surface area contributed by atoms with E-state index in [0.717, 1.165) is 38.5 Å². The fraction of sp³-hybridized carbons (Fsp3) is 0.864. The molecule has 3 heteroatoms. The Morgan fingerprint density at radius 2 is 1.52 bits per heavy atom. The van der Waals surface area contributed by atoms with E-state index >= 15 is 0 Å². The van der Waals surface area contributed by atoms with Gasteiger partial charge in [-0.2, -0.15) is 0 Å². The van der Waals surface area contributed by atoms with E-state index in [-0.39, 0.29) is 0 Å². The van der Waals surface area contributed by atoms with Crippen LogP contribution < -0.4 is 0 Å². The molecule has 2 unspecified atom stereocenters. The second-order valence-corrected chi connectivity index (χ2v) is 7.37. The van der Waals surface area contributed by atoms with Crippen molar-refractivity contribution < 1.29 is 14.6 Å². The minimum absolute atomic E-state index is 0.293. The number of carboxylic acids is 1. The van der Waals surface area contributed by atoms with Crippen LogP contribution in [0.15, 0.2) is 12.2 Å². The molecule has 0 aliphatic carbocycles. The lowest BCUT2D eigenvalue weighted by Gasteiger charge is -2.18. The molecule has 148 valence electrons. The molecule has 0 spiro atoms. The number of carboxylic acid groups (broad SMARTS) is 1. The number of carbonyl (C=O) groups is 1. The van der Waals surface area contributed by atoms with Crippen LogP contribution >= 0.6 is 0 Å². The van der Waals surface area contributed by atoms with Crippen LogP contribution in [0.25, 0.3) is 0 Å². The van der Waals surface area contributed by atoms with Gasteiger partial charge >= 0.3 is 5.97 Å². The predicted molar refractivity (Wildman–Crippen MR) is 107 cm³/mol. The zero-order valence-corrected chi connectivity index (χ0v) is 17.0.